The number of ether oxygens (including phenoxy) is 1. The number of carbonyl (C=O) groups excluding carboxylic acids is 1. The first-order valence-electron chi connectivity index (χ1n) is 14.1. The number of allylic oxidation sites excluding steroid dienone is 1. The third-order valence-corrected chi connectivity index (χ3v) is 7.98. The third kappa shape index (κ3) is 6.47. The van der Waals surface area contributed by atoms with E-state index in [4.69, 9.17) is 4.74 Å². The number of quaternary nitrogens is 1. The number of halogens is 4. The van der Waals surface area contributed by atoms with Crippen LogP contribution >= 0.6 is 0 Å². The maximum atomic E-state index is 13.6. The van der Waals surface area contributed by atoms with Crippen LogP contribution in [0.5, 0.6) is 0 Å². The maximum Gasteiger partial charge on any atom is 0.416 e. The number of nitriles is 1. The van der Waals surface area contributed by atoms with E-state index >= 15 is 0 Å². The van der Waals surface area contributed by atoms with E-state index in [1.807, 2.05) is 32.3 Å². The number of rotatable bonds is 8. The van der Waals surface area contributed by atoms with Crippen LogP contribution in [-0.4, -0.2) is 53.5 Å². The fourth-order valence-corrected chi connectivity index (χ4v) is 5.73. The molecule has 2 aromatic carbocycles. The summed E-state index contributed by atoms with van der Waals surface area (Å²) in [5.74, 6) is 0.112. The van der Waals surface area contributed by atoms with Gasteiger partial charge >= 0.3 is 17.8 Å². The molecule has 5 rings (SSSR count). The summed E-state index contributed by atoms with van der Waals surface area (Å²) in [4.78, 5) is 32.6. The van der Waals surface area contributed by atoms with E-state index in [0.717, 1.165) is 23.5 Å². The number of alkyl halides is 3. The van der Waals surface area contributed by atoms with Gasteiger partial charge in [-0.05, 0) is 60.9 Å². The molecule has 10 nitrogen and oxygen atoms in total. The summed E-state index contributed by atoms with van der Waals surface area (Å²) in [5, 5.41) is 16.3. The number of nitrogens with zero attached hydrogens (tertiary/aromatic N) is 6. The number of hydrogen-bond donors (Lipinski definition) is 1. The molecular weight excluding hydrogens is 667 g/mol. The fourth-order valence-electron chi connectivity index (χ4n) is 5.73. The van der Waals surface area contributed by atoms with E-state index in [9.17, 15) is 28.0 Å². The van der Waals surface area contributed by atoms with E-state index in [1.165, 1.54) is 28.7 Å². The zero-order chi connectivity index (χ0) is 32.5. The number of aromatic amines is 1. The topological polar surface area (TPSA) is 117 Å². The van der Waals surface area contributed by atoms with Gasteiger partial charge in [-0.25, -0.2) is 24.2 Å². The largest absolute Gasteiger partial charge is 1.00 e. The van der Waals surface area contributed by atoms with Crippen LogP contribution in [0.1, 0.15) is 41.6 Å². The van der Waals surface area contributed by atoms with E-state index in [1.54, 1.807) is 31.3 Å². The predicted molar refractivity (Wildman–Crippen MR) is 162 cm³/mol. The highest BCUT2D eigenvalue weighted by molar-refractivity contribution is 5.93. The highest BCUT2D eigenvalue weighted by atomic mass is 79.9. The molecule has 4 aromatic rings. The number of pyridine rings is 1. The van der Waals surface area contributed by atoms with Crippen molar-refractivity contribution in [2.45, 2.75) is 32.0 Å². The minimum atomic E-state index is -4.62. The van der Waals surface area contributed by atoms with Crippen LogP contribution < -0.4 is 32.1 Å². The van der Waals surface area contributed by atoms with Crippen LogP contribution in [-0.2, 0) is 22.1 Å². The molecule has 1 N–H and O–H groups in total. The summed E-state index contributed by atoms with van der Waals surface area (Å²) >= 11 is 0. The lowest BCUT2D eigenvalue weighted by atomic mass is 9.88. The second-order valence-corrected chi connectivity index (χ2v) is 11.2. The smallest absolute Gasteiger partial charge is 0.416 e. The van der Waals surface area contributed by atoms with E-state index in [-0.39, 0.29) is 39.9 Å². The van der Waals surface area contributed by atoms with Crippen molar-refractivity contribution < 1.29 is 39.7 Å². The van der Waals surface area contributed by atoms with Crippen LogP contribution in [0.2, 0.25) is 0 Å². The molecular formula is C32H31BrF3N7O3. The maximum absolute atomic E-state index is 13.6. The zero-order valence-electron chi connectivity index (χ0n) is 25.5. The SMILES string of the molecule is COC(=O)C1=C(C)N(c2cccc(C(F)(F)F)c2)c2n[nH]c(=O)n2[C@@H]1c1ccc(C#N)cc1CCC[N+](C)(C)c1ccccn1.[Br-]. The normalized spacial score (nSPS) is 14.7. The average Bonchev–Trinajstić information content (AvgIpc) is 3.40. The van der Waals surface area contributed by atoms with Gasteiger partial charge in [0.05, 0.1) is 50.5 Å². The second kappa shape index (κ2) is 13.3. The molecule has 240 valence electrons. The minimum Gasteiger partial charge on any atom is -1.00 e. The summed E-state index contributed by atoms with van der Waals surface area (Å²) in [5.41, 5.74) is 0.434. The first-order chi connectivity index (χ1) is 21.4. The summed E-state index contributed by atoms with van der Waals surface area (Å²) in [6.07, 6.45) is -1.73. The second-order valence-electron chi connectivity index (χ2n) is 11.2. The van der Waals surface area contributed by atoms with Gasteiger partial charge in [-0.15, -0.1) is 5.10 Å². The molecule has 0 unspecified atom stereocenters. The molecule has 1 atom stereocenters. The number of hydrogen-bond acceptors (Lipinski definition) is 7. The molecule has 2 aromatic heterocycles. The molecule has 0 aliphatic carbocycles. The number of benzene rings is 2. The number of aromatic nitrogens is 4. The van der Waals surface area contributed by atoms with Crippen LogP contribution in [0.25, 0.3) is 0 Å². The van der Waals surface area contributed by atoms with Gasteiger partial charge in [0.1, 0.15) is 6.04 Å². The summed E-state index contributed by atoms with van der Waals surface area (Å²) in [7, 11) is 5.27. The van der Waals surface area contributed by atoms with Crippen molar-refractivity contribution in [3.8, 4) is 6.07 Å². The number of carbonyl (C=O) groups is 1. The van der Waals surface area contributed by atoms with Gasteiger partial charge < -0.3 is 21.7 Å². The highest BCUT2D eigenvalue weighted by Gasteiger charge is 2.41. The number of aryl methyl sites for hydroxylation is 1. The van der Waals surface area contributed by atoms with E-state index < -0.39 is 29.4 Å². The Morgan fingerprint density at radius 3 is 2.54 bits per heavy atom. The number of methoxy groups -OCH3 is 1. The quantitative estimate of drug-likeness (QED) is 0.222. The molecule has 0 amide bonds. The fraction of sp³-hybridized carbons (Fsp3) is 0.281. The number of anilines is 2. The highest BCUT2D eigenvalue weighted by Crippen LogP contribution is 2.43. The lowest BCUT2D eigenvalue weighted by Gasteiger charge is -2.36. The minimum absolute atomic E-state index is 0. The Labute approximate surface area is 273 Å². The van der Waals surface area contributed by atoms with Gasteiger partial charge in [0.2, 0.25) is 11.8 Å². The van der Waals surface area contributed by atoms with Gasteiger partial charge in [-0.2, -0.15) is 18.4 Å². The van der Waals surface area contributed by atoms with Crippen LogP contribution in [0.4, 0.5) is 30.6 Å². The van der Waals surface area contributed by atoms with Crippen molar-refractivity contribution in [3.05, 3.63) is 111 Å². The Bertz CT molecular complexity index is 1880. The monoisotopic (exact) mass is 697 g/mol. The molecule has 0 bridgehead atoms. The first-order valence-corrected chi connectivity index (χ1v) is 14.1. The van der Waals surface area contributed by atoms with Crippen molar-refractivity contribution >= 4 is 23.4 Å². The Balaban J connectivity index is 0.00000480. The standard InChI is InChI=1S/C32H30F3N7O3.BrH/c1-20-27(29(43)45-4)28(41-30(38-39-31(41)44)40(20)24-11-7-10-23(18-24)32(33,34)35)25-14-13-21(19-36)17-22(25)9-8-16-42(2,3)26-12-5-6-15-37-26;/h5-7,10-15,17-18,28H,8-9,16H2,1-4H3;1H/t28-;/m1./s1. The number of nitrogens with one attached hydrogen (secondary N) is 1. The van der Waals surface area contributed by atoms with E-state index in [2.05, 4.69) is 21.3 Å². The van der Waals surface area contributed by atoms with Gasteiger partial charge in [-0.1, -0.05) is 18.2 Å². The van der Waals surface area contributed by atoms with Gasteiger partial charge in [0.25, 0.3) is 0 Å². The Hall–Kier alpha value is -4.74. The summed E-state index contributed by atoms with van der Waals surface area (Å²) < 4.78 is 47.8. The molecule has 1 aliphatic rings. The van der Waals surface area contributed by atoms with Crippen molar-refractivity contribution in [3.63, 3.8) is 0 Å². The van der Waals surface area contributed by atoms with Crippen LogP contribution in [0.3, 0.4) is 0 Å². The van der Waals surface area contributed by atoms with Crippen molar-refractivity contribution in [2.24, 2.45) is 0 Å². The number of fused-ring (bicyclic) bond motifs is 1. The van der Waals surface area contributed by atoms with Crippen LogP contribution in [0, 0.1) is 11.3 Å². The molecule has 0 saturated carbocycles. The molecule has 1 aliphatic heterocycles. The third-order valence-electron chi connectivity index (χ3n) is 7.98. The number of H-pyrrole nitrogens is 1. The lowest BCUT2D eigenvalue weighted by Crippen LogP contribution is -3.00. The van der Waals surface area contributed by atoms with Crippen molar-refractivity contribution in [1.82, 2.24) is 24.2 Å². The molecule has 0 radical (unpaired) electrons. The van der Waals surface area contributed by atoms with Gasteiger partial charge in [-0.3, -0.25) is 9.38 Å². The molecule has 3 heterocycles. The van der Waals surface area contributed by atoms with Gasteiger partial charge in [0, 0.05) is 30.1 Å². The molecule has 0 saturated heterocycles. The van der Waals surface area contributed by atoms with E-state index in [0.29, 0.717) is 35.0 Å². The first kappa shape index (κ1) is 34.1. The molecule has 0 spiro atoms. The Morgan fingerprint density at radius 2 is 1.89 bits per heavy atom. The predicted octanol–water partition coefficient (Wildman–Crippen LogP) is 2.25. The molecule has 46 heavy (non-hydrogen) atoms. The Kier molecular flexibility index (Phi) is 9.88. The lowest BCUT2D eigenvalue weighted by molar-refractivity contribution is -0.138. The molecule has 0 fully saturated rings. The van der Waals surface area contributed by atoms with Crippen molar-refractivity contribution in [1.29, 1.82) is 5.26 Å². The average molecular weight is 699 g/mol. The van der Waals surface area contributed by atoms with Gasteiger partial charge in [0.15, 0.2) is 0 Å². The Morgan fingerprint density at radius 1 is 1.13 bits per heavy atom. The van der Waals surface area contributed by atoms with Crippen molar-refractivity contribution in [2.75, 3.05) is 32.6 Å². The molecule has 14 heteroatoms. The number of esters is 1. The zero-order valence-corrected chi connectivity index (χ0v) is 27.1. The summed E-state index contributed by atoms with van der Waals surface area (Å²) in [6.45, 7) is 2.26. The summed E-state index contributed by atoms with van der Waals surface area (Å²) in [6, 6.07) is 16.4. The van der Waals surface area contributed by atoms with Crippen LogP contribution in [0.15, 0.2) is 82.9 Å².